The fraction of sp³-hybridized carbons (Fsp3) is 0.714. The van der Waals surface area contributed by atoms with Crippen LogP contribution in [0.15, 0.2) is 25.3 Å². The molecule has 26 heavy (non-hydrogen) atoms. The zero-order chi connectivity index (χ0) is 19.5. The number of hydrogen-bond donors (Lipinski definition) is 1. The minimum absolute atomic E-state index is 0.0975. The van der Waals surface area contributed by atoms with Crippen molar-refractivity contribution in [2.45, 2.75) is 83.6 Å². The first-order valence-electron chi connectivity index (χ1n) is 9.97. The summed E-state index contributed by atoms with van der Waals surface area (Å²) in [6.07, 6.45) is 15.0. The van der Waals surface area contributed by atoms with Gasteiger partial charge in [0.15, 0.2) is 0 Å². The maximum Gasteiger partial charge on any atom is 0.408 e. The maximum atomic E-state index is 12.0. The number of alkyl carbamates (subject to hydrolysis) is 1. The average Bonchev–Trinajstić information content (AvgIpc) is 2.63. The Kier molecular flexibility index (Phi) is 16.8. The van der Waals surface area contributed by atoms with Crippen molar-refractivity contribution in [1.82, 2.24) is 5.32 Å². The van der Waals surface area contributed by atoms with E-state index in [9.17, 15) is 9.59 Å². The molecule has 0 aliphatic carbocycles. The molecular weight excluding hydrogens is 330 g/mol. The van der Waals surface area contributed by atoms with E-state index in [1.165, 1.54) is 57.4 Å². The molecule has 0 bridgehead atoms. The van der Waals surface area contributed by atoms with Gasteiger partial charge in [-0.2, -0.15) is 0 Å². The monoisotopic (exact) mass is 367 g/mol. The van der Waals surface area contributed by atoms with Crippen molar-refractivity contribution in [2.75, 3.05) is 13.2 Å². The fourth-order valence-corrected chi connectivity index (χ4v) is 2.56. The highest BCUT2D eigenvalue weighted by molar-refractivity contribution is 5.81. The summed E-state index contributed by atoms with van der Waals surface area (Å²) in [4.78, 5) is 23.6. The number of carbonyl (C=O) groups is 2. The van der Waals surface area contributed by atoms with E-state index in [2.05, 4.69) is 25.4 Å². The molecule has 0 radical (unpaired) electrons. The van der Waals surface area contributed by atoms with Gasteiger partial charge in [-0.05, 0) is 12.8 Å². The van der Waals surface area contributed by atoms with E-state index in [-0.39, 0.29) is 6.61 Å². The van der Waals surface area contributed by atoms with Crippen LogP contribution in [0.5, 0.6) is 0 Å². The summed E-state index contributed by atoms with van der Waals surface area (Å²) < 4.78 is 10.1. The molecule has 0 aliphatic heterocycles. The van der Waals surface area contributed by atoms with Gasteiger partial charge in [-0.3, -0.25) is 0 Å². The third kappa shape index (κ3) is 14.6. The third-order valence-electron chi connectivity index (χ3n) is 4.05. The molecule has 0 heterocycles. The summed E-state index contributed by atoms with van der Waals surface area (Å²) in [5.74, 6) is -0.448. The van der Waals surface area contributed by atoms with Crippen LogP contribution in [0.25, 0.3) is 0 Å². The number of amides is 1. The van der Waals surface area contributed by atoms with Crippen molar-refractivity contribution in [1.29, 1.82) is 0 Å². The molecule has 0 aromatic rings. The lowest BCUT2D eigenvalue weighted by Crippen LogP contribution is -2.42. The molecule has 5 nitrogen and oxygen atoms in total. The molecule has 0 saturated heterocycles. The van der Waals surface area contributed by atoms with Crippen molar-refractivity contribution in [3.8, 4) is 0 Å². The minimum Gasteiger partial charge on any atom is -0.464 e. The summed E-state index contributed by atoms with van der Waals surface area (Å²) in [6, 6.07) is -0.757. The molecule has 0 fully saturated rings. The predicted molar refractivity (Wildman–Crippen MR) is 106 cm³/mol. The summed E-state index contributed by atoms with van der Waals surface area (Å²) in [5, 5.41) is 2.49. The van der Waals surface area contributed by atoms with Gasteiger partial charge in [-0.15, -0.1) is 6.58 Å². The second kappa shape index (κ2) is 18.0. The lowest BCUT2D eigenvalue weighted by Gasteiger charge is -2.15. The zero-order valence-electron chi connectivity index (χ0n) is 16.5. The van der Waals surface area contributed by atoms with E-state index < -0.39 is 18.1 Å². The molecule has 0 spiro atoms. The summed E-state index contributed by atoms with van der Waals surface area (Å²) in [7, 11) is 0. The van der Waals surface area contributed by atoms with Gasteiger partial charge in [-0.1, -0.05) is 83.4 Å². The van der Waals surface area contributed by atoms with Gasteiger partial charge in [0.25, 0.3) is 0 Å². The highest BCUT2D eigenvalue weighted by Crippen LogP contribution is 2.10. The van der Waals surface area contributed by atoms with Gasteiger partial charge in [0.05, 0.1) is 6.61 Å². The normalized spacial score (nSPS) is 11.4. The molecule has 1 amide bonds. The van der Waals surface area contributed by atoms with Crippen molar-refractivity contribution < 1.29 is 19.1 Å². The molecule has 1 N–H and O–H groups in total. The smallest absolute Gasteiger partial charge is 0.408 e. The Morgan fingerprint density at radius 3 is 2.00 bits per heavy atom. The van der Waals surface area contributed by atoms with E-state index in [0.717, 1.165) is 12.8 Å². The van der Waals surface area contributed by atoms with E-state index in [4.69, 9.17) is 9.47 Å². The van der Waals surface area contributed by atoms with Crippen molar-refractivity contribution in [3.63, 3.8) is 0 Å². The second-order valence-electron chi connectivity index (χ2n) is 6.46. The molecule has 150 valence electrons. The van der Waals surface area contributed by atoms with Gasteiger partial charge in [0, 0.05) is 0 Å². The maximum absolute atomic E-state index is 12.0. The van der Waals surface area contributed by atoms with E-state index in [1.54, 1.807) is 6.08 Å². The van der Waals surface area contributed by atoms with Gasteiger partial charge in [0.1, 0.15) is 12.6 Å². The first kappa shape index (κ1) is 24.2. The van der Waals surface area contributed by atoms with Crippen LogP contribution in [0.4, 0.5) is 4.79 Å². The van der Waals surface area contributed by atoms with Crippen LogP contribution >= 0.6 is 0 Å². The van der Waals surface area contributed by atoms with Crippen LogP contribution in [0.2, 0.25) is 0 Å². The molecule has 0 aromatic carbocycles. The van der Waals surface area contributed by atoms with Crippen LogP contribution in [0, 0.1) is 0 Å². The third-order valence-corrected chi connectivity index (χ3v) is 4.05. The molecule has 0 aliphatic rings. The van der Waals surface area contributed by atoms with Crippen LogP contribution in [0.3, 0.4) is 0 Å². The molecule has 0 aromatic heterocycles. The number of carbonyl (C=O) groups excluding carboxylic acids is 2. The summed E-state index contributed by atoms with van der Waals surface area (Å²) in [5.41, 5.74) is 0. The Bertz CT molecular complexity index is 395. The SMILES string of the molecule is C=CCOC(=O)NC(CC=C)C(=O)OCCCCCCCCCCCC. The summed E-state index contributed by atoms with van der Waals surface area (Å²) >= 11 is 0. The molecule has 0 rings (SSSR count). The predicted octanol–water partition coefficient (Wildman–Crippen LogP) is 5.31. The topological polar surface area (TPSA) is 64.6 Å². The molecule has 0 saturated carbocycles. The quantitative estimate of drug-likeness (QED) is 0.215. The number of nitrogens with one attached hydrogen (secondary N) is 1. The number of ether oxygens (including phenoxy) is 2. The van der Waals surface area contributed by atoms with Crippen molar-refractivity contribution in [2.24, 2.45) is 0 Å². The van der Waals surface area contributed by atoms with Gasteiger partial charge < -0.3 is 14.8 Å². The largest absolute Gasteiger partial charge is 0.464 e. The minimum atomic E-state index is -0.757. The second-order valence-corrected chi connectivity index (χ2v) is 6.46. The Labute approximate surface area is 159 Å². The highest BCUT2D eigenvalue weighted by atomic mass is 16.6. The van der Waals surface area contributed by atoms with Crippen LogP contribution < -0.4 is 5.32 Å². The summed E-state index contributed by atoms with van der Waals surface area (Å²) in [6.45, 7) is 9.77. The number of hydrogen-bond acceptors (Lipinski definition) is 4. The molecule has 1 unspecified atom stereocenters. The number of unbranched alkanes of at least 4 members (excludes halogenated alkanes) is 9. The van der Waals surface area contributed by atoms with E-state index >= 15 is 0 Å². The van der Waals surface area contributed by atoms with Crippen LogP contribution in [0.1, 0.15) is 77.6 Å². The first-order chi connectivity index (χ1) is 12.7. The Morgan fingerprint density at radius 1 is 0.885 bits per heavy atom. The lowest BCUT2D eigenvalue weighted by molar-refractivity contribution is -0.146. The van der Waals surface area contributed by atoms with E-state index in [0.29, 0.717) is 13.0 Å². The van der Waals surface area contributed by atoms with Crippen LogP contribution in [-0.4, -0.2) is 31.3 Å². The van der Waals surface area contributed by atoms with Gasteiger partial charge in [-0.25, -0.2) is 9.59 Å². The van der Waals surface area contributed by atoms with Crippen molar-refractivity contribution in [3.05, 3.63) is 25.3 Å². The number of esters is 1. The Hall–Kier alpha value is -1.78. The fourth-order valence-electron chi connectivity index (χ4n) is 2.56. The van der Waals surface area contributed by atoms with Gasteiger partial charge in [0.2, 0.25) is 0 Å². The van der Waals surface area contributed by atoms with E-state index in [1.807, 2.05) is 0 Å². The lowest BCUT2D eigenvalue weighted by atomic mass is 10.1. The van der Waals surface area contributed by atoms with Crippen LogP contribution in [-0.2, 0) is 14.3 Å². The molecule has 5 heteroatoms. The standard InChI is InChI=1S/C21H37NO4/c1-4-7-8-9-10-11-12-13-14-15-18-25-20(23)19(16-5-2)22-21(24)26-17-6-3/h5-6,19H,2-4,7-18H2,1H3,(H,22,24). The zero-order valence-corrected chi connectivity index (χ0v) is 16.5. The average molecular weight is 368 g/mol. The molecular formula is C21H37NO4. The highest BCUT2D eigenvalue weighted by Gasteiger charge is 2.21. The Morgan fingerprint density at radius 2 is 1.46 bits per heavy atom. The van der Waals surface area contributed by atoms with Gasteiger partial charge >= 0.3 is 12.1 Å². The van der Waals surface area contributed by atoms with Crippen molar-refractivity contribution >= 4 is 12.1 Å². The number of rotatable bonds is 17. The molecule has 1 atom stereocenters. The first-order valence-corrected chi connectivity index (χ1v) is 9.97. The Balaban J connectivity index is 3.74.